The molecule has 2 atom stereocenters. The predicted octanol–water partition coefficient (Wildman–Crippen LogP) is 1.37. The summed E-state index contributed by atoms with van der Waals surface area (Å²) in [5.41, 5.74) is 1.99. The van der Waals surface area contributed by atoms with Gasteiger partial charge in [-0.1, -0.05) is 30.3 Å². The smallest absolute Gasteiger partial charge is 0.400 e. The highest BCUT2D eigenvalue weighted by molar-refractivity contribution is 6.38. The molecule has 0 bridgehead atoms. The first-order chi connectivity index (χ1) is 11.3. The molecule has 0 saturated heterocycles. The van der Waals surface area contributed by atoms with E-state index >= 15 is 0 Å². The summed E-state index contributed by atoms with van der Waals surface area (Å²) in [6, 6.07) is 7.01. The van der Waals surface area contributed by atoms with Gasteiger partial charge in [-0.3, -0.25) is 10.2 Å². The van der Waals surface area contributed by atoms with Crippen LogP contribution in [-0.4, -0.2) is 36.4 Å². The number of hydrogen-bond acceptors (Lipinski definition) is 5. The van der Waals surface area contributed by atoms with Gasteiger partial charge in [0.15, 0.2) is 5.71 Å². The normalized spacial score (nSPS) is 20.1. The second-order valence-electron chi connectivity index (χ2n) is 5.05. The number of halogens is 3. The van der Waals surface area contributed by atoms with Gasteiger partial charge in [0.2, 0.25) is 5.91 Å². The van der Waals surface area contributed by atoms with E-state index in [9.17, 15) is 22.8 Å². The molecule has 2 N–H and O–H groups in total. The molecule has 0 aliphatic carbocycles. The molecule has 0 fully saturated rings. The fraction of sp³-hybridized carbons (Fsp3) is 0.400. The average molecular weight is 343 g/mol. The molecule has 2 unspecified atom stereocenters. The van der Waals surface area contributed by atoms with Crippen molar-refractivity contribution in [3.8, 4) is 0 Å². The van der Waals surface area contributed by atoms with Crippen LogP contribution in [0.1, 0.15) is 12.5 Å². The molecule has 1 heterocycles. The SMILES string of the molecule is CCOC(=O)C1=NNC(C(=O)NCc2ccccc2)C1C(F)(F)F. The molecule has 0 spiro atoms. The van der Waals surface area contributed by atoms with E-state index in [0.29, 0.717) is 0 Å². The number of ether oxygens (including phenoxy) is 1. The lowest BCUT2D eigenvalue weighted by atomic mass is 9.94. The van der Waals surface area contributed by atoms with Crippen molar-refractivity contribution in [3.05, 3.63) is 35.9 Å². The van der Waals surface area contributed by atoms with E-state index in [4.69, 9.17) is 0 Å². The van der Waals surface area contributed by atoms with E-state index < -0.39 is 35.7 Å². The molecule has 0 radical (unpaired) electrons. The van der Waals surface area contributed by atoms with Gasteiger partial charge in [-0.25, -0.2) is 4.79 Å². The Morgan fingerprint density at radius 3 is 2.54 bits per heavy atom. The lowest BCUT2D eigenvalue weighted by Gasteiger charge is -2.22. The molecule has 24 heavy (non-hydrogen) atoms. The predicted molar refractivity (Wildman–Crippen MR) is 78.8 cm³/mol. The van der Waals surface area contributed by atoms with Gasteiger partial charge in [0, 0.05) is 6.54 Å². The van der Waals surface area contributed by atoms with E-state index in [0.717, 1.165) is 5.56 Å². The fourth-order valence-corrected chi connectivity index (χ4v) is 2.27. The molecular weight excluding hydrogens is 327 g/mol. The Kier molecular flexibility index (Phi) is 5.42. The highest BCUT2D eigenvalue weighted by atomic mass is 19.4. The number of benzene rings is 1. The van der Waals surface area contributed by atoms with Crippen LogP contribution < -0.4 is 10.7 Å². The van der Waals surface area contributed by atoms with Crippen LogP contribution in [-0.2, 0) is 20.9 Å². The van der Waals surface area contributed by atoms with Crippen LogP contribution in [0.2, 0.25) is 0 Å². The Morgan fingerprint density at radius 2 is 1.96 bits per heavy atom. The zero-order valence-corrected chi connectivity index (χ0v) is 12.8. The van der Waals surface area contributed by atoms with Crippen molar-refractivity contribution >= 4 is 17.6 Å². The first kappa shape index (κ1) is 17.8. The maximum absolute atomic E-state index is 13.3. The van der Waals surface area contributed by atoms with Crippen LogP contribution in [0.4, 0.5) is 13.2 Å². The lowest BCUT2D eigenvalue weighted by molar-refractivity contribution is -0.167. The van der Waals surface area contributed by atoms with Gasteiger partial charge in [0.1, 0.15) is 12.0 Å². The molecular formula is C15H16F3N3O3. The molecule has 2 rings (SSSR count). The maximum atomic E-state index is 13.3. The number of alkyl halides is 3. The van der Waals surface area contributed by atoms with Gasteiger partial charge < -0.3 is 10.1 Å². The summed E-state index contributed by atoms with van der Waals surface area (Å²) in [5, 5.41) is 5.78. The highest BCUT2D eigenvalue weighted by Crippen LogP contribution is 2.33. The third-order valence-corrected chi connectivity index (χ3v) is 3.38. The van der Waals surface area contributed by atoms with E-state index in [1.165, 1.54) is 6.92 Å². The molecule has 1 aliphatic rings. The van der Waals surface area contributed by atoms with Crippen LogP contribution in [0.15, 0.2) is 35.4 Å². The minimum Gasteiger partial charge on any atom is -0.461 e. The van der Waals surface area contributed by atoms with Crippen molar-refractivity contribution in [1.29, 1.82) is 0 Å². The van der Waals surface area contributed by atoms with Gasteiger partial charge in [-0.05, 0) is 12.5 Å². The van der Waals surface area contributed by atoms with Crippen LogP contribution in [0, 0.1) is 5.92 Å². The molecule has 1 aliphatic heterocycles. The van der Waals surface area contributed by atoms with Crippen LogP contribution in [0.5, 0.6) is 0 Å². The van der Waals surface area contributed by atoms with Crippen LogP contribution in [0.3, 0.4) is 0 Å². The number of nitrogens with one attached hydrogen (secondary N) is 2. The van der Waals surface area contributed by atoms with Crippen molar-refractivity contribution in [2.45, 2.75) is 25.7 Å². The van der Waals surface area contributed by atoms with E-state index in [1.54, 1.807) is 30.3 Å². The molecule has 0 aromatic heterocycles. The summed E-state index contributed by atoms with van der Waals surface area (Å²) in [5.74, 6) is -4.44. The minimum absolute atomic E-state index is 0.0666. The van der Waals surface area contributed by atoms with E-state index in [-0.39, 0.29) is 13.2 Å². The number of carbonyl (C=O) groups is 2. The zero-order valence-electron chi connectivity index (χ0n) is 12.8. The Hall–Kier alpha value is -2.58. The van der Waals surface area contributed by atoms with Gasteiger partial charge in [-0.15, -0.1) is 0 Å². The van der Waals surface area contributed by atoms with E-state index in [1.807, 2.05) is 0 Å². The second-order valence-corrected chi connectivity index (χ2v) is 5.05. The third kappa shape index (κ3) is 4.03. The Bertz CT molecular complexity index is 632. The monoisotopic (exact) mass is 343 g/mol. The molecule has 0 saturated carbocycles. The van der Waals surface area contributed by atoms with Gasteiger partial charge >= 0.3 is 12.1 Å². The number of carbonyl (C=O) groups excluding carboxylic acids is 2. The van der Waals surface area contributed by atoms with E-state index in [2.05, 4.69) is 20.6 Å². The summed E-state index contributed by atoms with van der Waals surface area (Å²) in [7, 11) is 0. The summed E-state index contributed by atoms with van der Waals surface area (Å²) in [4.78, 5) is 23.7. The highest BCUT2D eigenvalue weighted by Gasteiger charge is 2.55. The standard InChI is InChI=1S/C15H16F3N3O3/c1-2-24-14(23)12-10(15(16,17)18)11(20-21-12)13(22)19-8-9-6-4-3-5-7-9/h3-7,10-11,20H,2,8H2,1H3,(H,19,22). The van der Waals surface area contributed by atoms with Crippen molar-refractivity contribution in [3.63, 3.8) is 0 Å². The molecule has 1 amide bonds. The van der Waals surface area contributed by atoms with Gasteiger partial charge in [0.25, 0.3) is 0 Å². The fourth-order valence-electron chi connectivity index (χ4n) is 2.27. The molecule has 1 aromatic rings. The van der Waals surface area contributed by atoms with Crippen molar-refractivity contribution < 1.29 is 27.5 Å². The van der Waals surface area contributed by atoms with Gasteiger partial charge in [-0.2, -0.15) is 18.3 Å². The van der Waals surface area contributed by atoms with Crippen molar-refractivity contribution in [2.75, 3.05) is 6.61 Å². The molecule has 1 aromatic carbocycles. The topological polar surface area (TPSA) is 79.8 Å². The maximum Gasteiger partial charge on any atom is 0.400 e. The first-order valence-electron chi connectivity index (χ1n) is 7.23. The number of rotatable bonds is 5. The Labute approximate surface area is 136 Å². The number of hydrazone groups is 1. The number of amides is 1. The van der Waals surface area contributed by atoms with Gasteiger partial charge in [0.05, 0.1) is 6.61 Å². The second kappa shape index (κ2) is 7.33. The number of nitrogens with zero attached hydrogens (tertiary/aromatic N) is 1. The van der Waals surface area contributed by atoms with Crippen molar-refractivity contribution in [2.24, 2.45) is 11.0 Å². The summed E-state index contributed by atoms with van der Waals surface area (Å²) in [6.07, 6.45) is -4.82. The van der Waals surface area contributed by atoms with Crippen LogP contribution >= 0.6 is 0 Å². The molecule has 6 nitrogen and oxygen atoms in total. The number of hydrogen-bond donors (Lipinski definition) is 2. The quantitative estimate of drug-likeness (QED) is 0.792. The average Bonchev–Trinajstić information content (AvgIpc) is 2.99. The lowest BCUT2D eigenvalue weighted by Crippen LogP contribution is -2.50. The summed E-state index contributed by atoms with van der Waals surface area (Å²) >= 11 is 0. The largest absolute Gasteiger partial charge is 0.461 e. The van der Waals surface area contributed by atoms with Crippen LogP contribution in [0.25, 0.3) is 0 Å². The first-order valence-corrected chi connectivity index (χ1v) is 7.23. The Balaban J connectivity index is 2.08. The Morgan fingerprint density at radius 1 is 1.29 bits per heavy atom. The van der Waals surface area contributed by atoms with Crippen molar-refractivity contribution in [1.82, 2.24) is 10.7 Å². The summed E-state index contributed by atoms with van der Waals surface area (Å²) < 4.78 is 44.4. The zero-order chi connectivity index (χ0) is 17.7. The minimum atomic E-state index is -4.82. The third-order valence-electron chi connectivity index (χ3n) is 3.38. The summed E-state index contributed by atoms with van der Waals surface area (Å²) in [6.45, 7) is 1.44. The number of esters is 1. The molecule has 9 heteroatoms. The molecule has 130 valence electrons.